The number of alkyl halides is 3. The van der Waals surface area contributed by atoms with Crippen LogP contribution in [0.2, 0.25) is 10.0 Å². The number of hydrogen-bond acceptors (Lipinski definition) is 3. The van der Waals surface area contributed by atoms with Crippen molar-refractivity contribution in [2.45, 2.75) is 6.18 Å². The van der Waals surface area contributed by atoms with Crippen LogP contribution in [0.4, 0.5) is 24.5 Å². The molecular weight excluding hydrogens is 372 g/mol. The van der Waals surface area contributed by atoms with Gasteiger partial charge < -0.3 is 5.32 Å². The number of amides is 1. The Hall–Kier alpha value is -2.32. The first-order chi connectivity index (χ1) is 11.1. The Morgan fingerprint density at radius 3 is 2.29 bits per heavy atom. The third kappa shape index (κ3) is 3.95. The number of hydrogen-bond donors (Lipinski definition) is 1. The van der Waals surface area contributed by atoms with Gasteiger partial charge in [-0.2, -0.15) is 13.2 Å². The first-order valence-corrected chi connectivity index (χ1v) is 6.97. The maximum absolute atomic E-state index is 12.7. The average Bonchev–Trinajstić information content (AvgIpc) is 2.48. The molecule has 0 atom stereocenters. The summed E-state index contributed by atoms with van der Waals surface area (Å²) >= 11 is 11.4. The number of halogens is 5. The number of nitro benzene ring substituents is 1. The van der Waals surface area contributed by atoms with Crippen LogP contribution in [-0.2, 0) is 6.18 Å². The van der Waals surface area contributed by atoms with Crippen molar-refractivity contribution >= 4 is 40.5 Å². The van der Waals surface area contributed by atoms with E-state index in [2.05, 4.69) is 5.32 Å². The van der Waals surface area contributed by atoms with Gasteiger partial charge in [-0.1, -0.05) is 23.2 Å². The molecule has 0 fully saturated rings. The highest BCUT2D eigenvalue weighted by molar-refractivity contribution is 6.34. The van der Waals surface area contributed by atoms with Gasteiger partial charge in [0.05, 0.1) is 21.2 Å². The zero-order valence-electron chi connectivity index (χ0n) is 11.5. The Morgan fingerprint density at radius 2 is 1.71 bits per heavy atom. The van der Waals surface area contributed by atoms with Crippen molar-refractivity contribution in [2.75, 3.05) is 5.32 Å². The molecule has 0 bridgehead atoms. The number of nitrogens with one attached hydrogen (secondary N) is 1. The molecule has 2 rings (SSSR count). The number of carbonyl (C=O) groups is 1. The third-order valence-corrected chi connectivity index (χ3v) is 3.60. The van der Waals surface area contributed by atoms with E-state index in [9.17, 15) is 28.1 Å². The summed E-state index contributed by atoms with van der Waals surface area (Å²) in [5.41, 5.74) is -1.92. The van der Waals surface area contributed by atoms with Crippen LogP contribution in [-0.4, -0.2) is 10.8 Å². The second-order valence-corrected chi connectivity index (χ2v) is 5.38. The number of nitrogens with zero attached hydrogens (tertiary/aromatic N) is 1. The second-order valence-electron chi connectivity index (χ2n) is 4.57. The van der Waals surface area contributed by atoms with Crippen LogP contribution < -0.4 is 5.32 Å². The lowest BCUT2D eigenvalue weighted by Crippen LogP contribution is -2.14. The molecule has 10 heteroatoms. The zero-order chi connectivity index (χ0) is 18.1. The number of anilines is 1. The highest BCUT2D eigenvalue weighted by Gasteiger charge is 2.31. The SMILES string of the molecule is O=C(Nc1cc(C(F)(F)F)ccc1Cl)c1ccc(Cl)c([N+](=O)[O-])c1. The lowest BCUT2D eigenvalue weighted by atomic mass is 10.1. The van der Waals surface area contributed by atoms with Gasteiger partial charge in [0.15, 0.2) is 0 Å². The third-order valence-electron chi connectivity index (χ3n) is 2.95. The normalized spacial score (nSPS) is 11.2. The van der Waals surface area contributed by atoms with Crippen LogP contribution in [0.5, 0.6) is 0 Å². The lowest BCUT2D eigenvalue weighted by molar-refractivity contribution is -0.384. The Kier molecular flexibility index (Phi) is 5.00. The van der Waals surface area contributed by atoms with Crippen molar-refractivity contribution in [2.24, 2.45) is 0 Å². The van der Waals surface area contributed by atoms with Gasteiger partial charge in [0, 0.05) is 11.6 Å². The minimum atomic E-state index is -4.61. The minimum Gasteiger partial charge on any atom is -0.321 e. The zero-order valence-corrected chi connectivity index (χ0v) is 13.0. The quantitative estimate of drug-likeness (QED) is 0.591. The van der Waals surface area contributed by atoms with Crippen LogP contribution in [0.15, 0.2) is 36.4 Å². The van der Waals surface area contributed by atoms with Gasteiger partial charge in [-0.15, -0.1) is 0 Å². The van der Waals surface area contributed by atoms with Gasteiger partial charge in [0.2, 0.25) is 0 Å². The summed E-state index contributed by atoms with van der Waals surface area (Å²) in [7, 11) is 0. The molecule has 0 aliphatic carbocycles. The molecule has 0 radical (unpaired) electrons. The summed E-state index contributed by atoms with van der Waals surface area (Å²) in [6.07, 6.45) is -4.61. The smallest absolute Gasteiger partial charge is 0.321 e. The van der Waals surface area contributed by atoms with E-state index in [0.717, 1.165) is 24.3 Å². The van der Waals surface area contributed by atoms with Crippen molar-refractivity contribution < 1.29 is 22.9 Å². The molecule has 0 unspecified atom stereocenters. The van der Waals surface area contributed by atoms with Crippen LogP contribution in [0.25, 0.3) is 0 Å². The van der Waals surface area contributed by atoms with Gasteiger partial charge in [-0.3, -0.25) is 14.9 Å². The maximum Gasteiger partial charge on any atom is 0.416 e. The fourth-order valence-corrected chi connectivity index (χ4v) is 2.14. The molecule has 0 aliphatic rings. The first kappa shape index (κ1) is 18.0. The maximum atomic E-state index is 12.7. The molecule has 2 aromatic carbocycles. The minimum absolute atomic E-state index is 0.111. The molecule has 2 aromatic rings. The van der Waals surface area contributed by atoms with Crippen molar-refractivity contribution in [3.8, 4) is 0 Å². The molecule has 0 spiro atoms. The molecule has 5 nitrogen and oxygen atoms in total. The fourth-order valence-electron chi connectivity index (χ4n) is 1.79. The lowest BCUT2D eigenvalue weighted by Gasteiger charge is -2.11. The predicted molar refractivity (Wildman–Crippen MR) is 82.5 cm³/mol. The van der Waals surface area contributed by atoms with Gasteiger partial charge in [-0.25, -0.2) is 0 Å². The van der Waals surface area contributed by atoms with Crippen LogP contribution in [0.1, 0.15) is 15.9 Å². The van der Waals surface area contributed by atoms with E-state index in [0.29, 0.717) is 6.07 Å². The van der Waals surface area contributed by atoms with E-state index in [-0.39, 0.29) is 21.3 Å². The molecule has 0 saturated carbocycles. The number of carbonyl (C=O) groups excluding carboxylic acids is 1. The standard InChI is InChI=1S/C14H7Cl2F3N2O3/c15-9-4-2-8(14(17,18)19)6-11(9)20-13(22)7-1-3-10(16)12(5-7)21(23)24/h1-6H,(H,20,22). The van der Waals surface area contributed by atoms with Crippen molar-refractivity contribution in [1.82, 2.24) is 0 Å². The van der Waals surface area contributed by atoms with Crippen LogP contribution in [0.3, 0.4) is 0 Å². The van der Waals surface area contributed by atoms with Crippen molar-refractivity contribution in [3.63, 3.8) is 0 Å². The van der Waals surface area contributed by atoms with E-state index >= 15 is 0 Å². The summed E-state index contributed by atoms with van der Waals surface area (Å²) in [5.74, 6) is -0.865. The van der Waals surface area contributed by atoms with Gasteiger partial charge in [0.25, 0.3) is 11.6 Å². The Labute approximate surface area is 143 Å². The first-order valence-electron chi connectivity index (χ1n) is 6.21. The molecule has 1 amide bonds. The summed E-state index contributed by atoms with van der Waals surface area (Å²) < 4.78 is 38.1. The van der Waals surface area contributed by atoms with Gasteiger partial charge in [0.1, 0.15) is 5.02 Å². The average molecular weight is 379 g/mol. The Morgan fingerprint density at radius 1 is 1.08 bits per heavy atom. The van der Waals surface area contributed by atoms with Crippen LogP contribution in [0, 0.1) is 10.1 Å². The number of rotatable bonds is 3. The Balaban J connectivity index is 2.33. The molecule has 0 aliphatic heterocycles. The topological polar surface area (TPSA) is 72.2 Å². The molecule has 126 valence electrons. The Bertz CT molecular complexity index is 825. The predicted octanol–water partition coefficient (Wildman–Crippen LogP) is 5.17. The summed E-state index contributed by atoms with van der Waals surface area (Å²) in [4.78, 5) is 22.1. The van der Waals surface area contributed by atoms with E-state index in [1.165, 1.54) is 6.07 Å². The highest BCUT2D eigenvalue weighted by Crippen LogP contribution is 2.34. The van der Waals surface area contributed by atoms with Gasteiger partial charge >= 0.3 is 6.18 Å². The number of benzene rings is 2. The summed E-state index contributed by atoms with van der Waals surface area (Å²) in [5, 5.41) is 12.7. The largest absolute Gasteiger partial charge is 0.416 e. The highest BCUT2D eigenvalue weighted by atomic mass is 35.5. The molecule has 24 heavy (non-hydrogen) atoms. The summed E-state index contributed by atoms with van der Waals surface area (Å²) in [6, 6.07) is 5.69. The second kappa shape index (κ2) is 6.66. The molecular formula is C14H7Cl2F3N2O3. The van der Waals surface area contributed by atoms with E-state index in [1.54, 1.807) is 0 Å². The van der Waals surface area contributed by atoms with Gasteiger partial charge in [-0.05, 0) is 30.3 Å². The molecule has 1 N–H and O–H groups in total. The van der Waals surface area contributed by atoms with E-state index in [1.807, 2.05) is 0 Å². The fraction of sp³-hybridized carbons (Fsp3) is 0.0714. The monoisotopic (exact) mass is 378 g/mol. The molecule has 0 heterocycles. The summed E-state index contributed by atoms with van der Waals surface area (Å²) in [6.45, 7) is 0. The van der Waals surface area contributed by atoms with E-state index < -0.39 is 28.3 Å². The van der Waals surface area contributed by atoms with Crippen molar-refractivity contribution in [3.05, 3.63) is 67.7 Å². The van der Waals surface area contributed by atoms with Crippen LogP contribution >= 0.6 is 23.2 Å². The van der Waals surface area contributed by atoms with Crippen molar-refractivity contribution in [1.29, 1.82) is 0 Å². The number of nitro groups is 1. The van der Waals surface area contributed by atoms with E-state index in [4.69, 9.17) is 23.2 Å². The molecule has 0 aromatic heterocycles. The molecule has 0 saturated heterocycles.